The maximum absolute atomic E-state index is 5.20. The summed E-state index contributed by atoms with van der Waals surface area (Å²) in [5.41, 5.74) is 3.64. The van der Waals surface area contributed by atoms with Crippen LogP contribution < -0.4 is 18.8 Å². The van der Waals surface area contributed by atoms with Crippen molar-refractivity contribution >= 4 is 28.7 Å². The SMILES string of the molecule is COc1ccc(N=Nc2n(CCCCCC[n+]3cccc(N=Nc4ccc(N(C)C)cc4)c3)cc[n+]2C)cc1. The van der Waals surface area contributed by atoms with Crippen molar-refractivity contribution in [1.82, 2.24) is 4.57 Å². The predicted octanol–water partition coefficient (Wildman–Crippen LogP) is 6.77. The predicted molar refractivity (Wildman–Crippen MR) is 153 cm³/mol. The van der Waals surface area contributed by atoms with Crippen LogP contribution in [0.25, 0.3) is 0 Å². The number of pyridine rings is 1. The molecule has 202 valence electrons. The first-order valence-electron chi connectivity index (χ1n) is 13.3. The Kier molecular flexibility index (Phi) is 9.88. The lowest BCUT2D eigenvalue weighted by Gasteiger charge is -2.11. The van der Waals surface area contributed by atoms with Gasteiger partial charge in [-0.3, -0.25) is 0 Å². The van der Waals surface area contributed by atoms with E-state index in [1.165, 1.54) is 0 Å². The van der Waals surface area contributed by atoms with Gasteiger partial charge in [-0.1, -0.05) is 11.5 Å². The molecule has 2 aromatic heterocycles. The van der Waals surface area contributed by atoms with Crippen molar-refractivity contribution in [2.24, 2.45) is 27.5 Å². The third-order valence-corrected chi connectivity index (χ3v) is 6.42. The number of benzene rings is 2. The number of unbranched alkanes of at least 4 members (excludes halogenated alkanes) is 3. The standard InChI is InChI=1S/C30H38N8O/c1-35(2)28-15-11-25(12-16-28)31-33-27-10-9-20-37(24-27)19-7-5-6-8-21-38-23-22-36(3)30(38)34-32-26-13-17-29(39-4)18-14-26/h9-18,20,22-24H,5-8,19,21H2,1-4H3/q+2. The lowest BCUT2D eigenvalue weighted by molar-refractivity contribution is -0.696. The number of ether oxygens (including phenoxy) is 1. The molecule has 0 bridgehead atoms. The Morgan fingerprint density at radius 1 is 0.769 bits per heavy atom. The Morgan fingerprint density at radius 2 is 1.44 bits per heavy atom. The average Bonchev–Trinajstić information content (AvgIpc) is 3.32. The van der Waals surface area contributed by atoms with Crippen LogP contribution in [-0.2, 0) is 20.1 Å². The fraction of sp³-hybridized carbons (Fsp3) is 0.333. The van der Waals surface area contributed by atoms with Gasteiger partial charge in [0.15, 0.2) is 12.4 Å². The van der Waals surface area contributed by atoms with Crippen LogP contribution >= 0.6 is 0 Å². The quantitative estimate of drug-likeness (QED) is 0.110. The van der Waals surface area contributed by atoms with Crippen LogP contribution in [0.5, 0.6) is 5.75 Å². The zero-order chi connectivity index (χ0) is 27.5. The monoisotopic (exact) mass is 526 g/mol. The molecule has 9 heteroatoms. The highest BCUT2D eigenvalue weighted by molar-refractivity contribution is 5.51. The van der Waals surface area contributed by atoms with E-state index in [9.17, 15) is 0 Å². The Morgan fingerprint density at radius 3 is 2.15 bits per heavy atom. The normalized spacial score (nSPS) is 11.5. The summed E-state index contributed by atoms with van der Waals surface area (Å²) in [5, 5.41) is 17.7. The van der Waals surface area contributed by atoms with E-state index < -0.39 is 0 Å². The van der Waals surface area contributed by atoms with Crippen molar-refractivity contribution in [2.75, 3.05) is 26.1 Å². The van der Waals surface area contributed by atoms with Crippen LogP contribution in [0, 0.1) is 0 Å². The summed E-state index contributed by atoms with van der Waals surface area (Å²) in [6.07, 6.45) is 12.7. The van der Waals surface area contributed by atoms with Gasteiger partial charge in [-0.05, 0) is 67.4 Å². The van der Waals surface area contributed by atoms with Gasteiger partial charge in [0.05, 0.1) is 38.8 Å². The Labute approximate surface area is 230 Å². The van der Waals surface area contributed by atoms with Crippen LogP contribution in [0.2, 0.25) is 0 Å². The van der Waals surface area contributed by atoms with Crippen molar-refractivity contribution in [3.63, 3.8) is 0 Å². The maximum atomic E-state index is 5.20. The Balaban J connectivity index is 1.20. The number of aryl methyl sites for hydroxylation is 3. The second kappa shape index (κ2) is 13.9. The molecule has 2 heterocycles. The highest BCUT2D eigenvalue weighted by Crippen LogP contribution is 2.21. The number of rotatable bonds is 13. The lowest BCUT2D eigenvalue weighted by atomic mass is 10.2. The topological polar surface area (TPSA) is 74.6 Å². The molecular formula is C30H38N8O+2. The van der Waals surface area contributed by atoms with Crippen LogP contribution in [0.4, 0.5) is 28.7 Å². The number of nitrogens with zero attached hydrogens (tertiary/aromatic N) is 8. The largest absolute Gasteiger partial charge is 0.497 e. The number of azo groups is 2. The molecule has 0 radical (unpaired) electrons. The highest BCUT2D eigenvalue weighted by Gasteiger charge is 2.14. The van der Waals surface area contributed by atoms with Gasteiger partial charge in [0.25, 0.3) is 0 Å². The third kappa shape index (κ3) is 8.29. The van der Waals surface area contributed by atoms with E-state index in [1.807, 2.05) is 92.6 Å². The van der Waals surface area contributed by atoms with Crippen molar-refractivity contribution in [3.8, 4) is 5.75 Å². The molecular weight excluding hydrogens is 488 g/mol. The Bertz CT molecular complexity index is 1380. The maximum Gasteiger partial charge on any atom is 0.421 e. The number of methoxy groups -OCH3 is 1. The zero-order valence-electron chi connectivity index (χ0n) is 23.3. The molecule has 2 aromatic carbocycles. The molecule has 0 unspecified atom stereocenters. The molecule has 0 N–H and O–H groups in total. The molecule has 4 aromatic rings. The molecule has 0 aliphatic rings. The molecule has 0 saturated carbocycles. The number of aromatic nitrogens is 3. The number of imidazole rings is 1. The van der Waals surface area contributed by atoms with E-state index in [1.54, 1.807) is 7.11 Å². The second-order valence-electron chi connectivity index (χ2n) is 9.63. The van der Waals surface area contributed by atoms with Crippen molar-refractivity contribution in [3.05, 3.63) is 85.5 Å². The van der Waals surface area contributed by atoms with Crippen LogP contribution in [0.1, 0.15) is 25.7 Å². The van der Waals surface area contributed by atoms with Gasteiger partial charge in [-0.25, -0.2) is 13.7 Å². The summed E-state index contributed by atoms with van der Waals surface area (Å²) >= 11 is 0. The van der Waals surface area contributed by atoms with E-state index >= 15 is 0 Å². The van der Waals surface area contributed by atoms with Gasteiger partial charge >= 0.3 is 5.95 Å². The van der Waals surface area contributed by atoms with E-state index in [4.69, 9.17) is 4.74 Å². The van der Waals surface area contributed by atoms with Gasteiger partial charge in [0.1, 0.15) is 23.7 Å². The zero-order valence-corrected chi connectivity index (χ0v) is 23.3. The summed E-state index contributed by atoms with van der Waals surface area (Å²) in [7, 11) is 7.69. The minimum absolute atomic E-state index is 0.797. The van der Waals surface area contributed by atoms with Gasteiger partial charge in [0, 0.05) is 37.4 Å². The van der Waals surface area contributed by atoms with Crippen molar-refractivity contribution < 1.29 is 13.9 Å². The molecule has 39 heavy (non-hydrogen) atoms. The first-order chi connectivity index (χ1) is 19.0. The molecule has 0 amide bonds. The lowest BCUT2D eigenvalue weighted by Crippen LogP contribution is -2.32. The van der Waals surface area contributed by atoms with Gasteiger partial charge in [-0.15, -0.1) is 5.11 Å². The molecule has 0 spiro atoms. The summed E-state index contributed by atoms with van der Waals surface area (Å²) in [5.74, 6) is 1.64. The molecule has 0 fully saturated rings. The third-order valence-electron chi connectivity index (χ3n) is 6.42. The number of hydrogen-bond donors (Lipinski definition) is 0. The van der Waals surface area contributed by atoms with Crippen LogP contribution in [0.3, 0.4) is 0 Å². The minimum atomic E-state index is 0.797. The first kappa shape index (κ1) is 27.6. The minimum Gasteiger partial charge on any atom is -0.497 e. The molecule has 9 nitrogen and oxygen atoms in total. The van der Waals surface area contributed by atoms with Crippen LogP contribution in [-0.4, -0.2) is 25.8 Å². The van der Waals surface area contributed by atoms with E-state index in [0.29, 0.717) is 0 Å². The fourth-order valence-electron chi connectivity index (χ4n) is 4.14. The number of anilines is 1. The van der Waals surface area contributed by atoms with E-state index in [2.05, 4.69) is 53.1 Å². The summed E-state index contributed by atoms with van der Waals surface area (Å²) in [4.78, 5) is 2.07. The Hall–Kier alpha value is -4.40. The molecule has 0 atom stereocenters. The van der Waals surface area contributed by atoms with E-state index in [-0.39, 0.29) is 0 Å². The van der Waals surface area contributed by atoms with Crippen molar-refractivity contribution in [1.29, 1.82) is 0 Å². The average molecular weight is 527 g/mol. The summed E-state index contributed by atoms with van der Waals surface area (Å²) < 4.78 is 11.5. The van der Waals surface area contributed by atoms with Crippen molar-refractivity contribution in [2.45, 2.75) is 38.8 Å². The number of hydrogen-bond acceptors (Lipinski definition) is 6. The summed E-state index contributed by atoms with van der Waals surface area (Å²) in [6, 6.07) is 19.6. The van der Waals surface area contributed by atoms with Gasteiger partial charge in [0.2, 0.25) is 0 Å². The first-order valence-corrected chi connectivity index (χ1v) is 13.3. The van der Waals surface area contributed by atoms with E-state index in [0.717, 1.165) is 73.2 Å². The highest BCUT2D eigenvalue weighted by atomic mass is 16.5. The molecule has 0 aliphatic carbocycles. The molecule has 0 aliphatic heterocycles. The van der Waals surface area contributed by atoms with Gasteiger partial charge in [-0.2, -0.15) is 5.11 Å². The smallest absolute Gasteiger partial charge is 0.421 e. The van der Waals surface area contributed by atoms with Gasteiger partial charge < -0.3 is 9.64 Å². The summed E-state index contributed by atoms with van der Waals surface area (Å²) in [6.45, 7) is 1.87. The van der Waals surface area contributed by atoms with Crippen LogP contribution in [0.15, 0.2) is 106 Å². The second-order valence-corrected chi connectivity index (χ2v) is 9.63. The fourth-order valence-corrected chi connectivity index (χ4v) is 4.14. The molecule has 4 rings (SSSR count). The molecule has 0 saturated heterocycles.